The second-order valence-electron chi connectivity index (χ2n) is 4.06. The van der Waals surface area contributed by atoms with E-state index in [1.807, 2.05) is 6.07 Å². The van der Waals surface area contributed by atoms with Crippen LogP contribution in [0.25, 0.3) is 0 Å². The second-order valence-corrected chi connectivity index (χ2v) is 4.46. The maximum absolute atomic E-state index is 11.8. The molecule has 0 aromatic heterocycles. The van der Waals surface area contributed by atoms with Crippen LogP contribution in [0.1, 0.15) is 17.3 Å². The molecule has 20 heavy (non-hydrogen) atoms. The molecule has 0 aliphatic rings. The van der Waals surface area contributed by atoms with Crippen molar-refractivity contribution in [2.75, 3.05) is 11.9 Å². The number of halogens is 1. The van der Waals surface area contributed by atoms with Crippen molar-refractivity contribution >= 4 is 28.9 Å². The third-order valence-corrected chi connectivity index (χ3v) is 2.95. The van der Waals surface area contributed by atoms with Crippen molar-refractivity contribution in [1.82, 2.24) is 0 Å². The summed E-state index contributed by atoms with van der Waals surface area (Å²) < 4.78 is 5.00. The molecule has 0 heterocycles. The maximum atomic E-state index is 11.8. The first-order valence-corrected chi connectivity index (χ1v) is 6.51. The highest BCUT2D eigenvalue weighted by molar-refractivity contribution is 6.32. The number of hydrogen-bond acceptors (Lipinski definition) is 4. The molecule has 0 fully saturated rings. The molecule has 0 saturated carbocycles. The summed E-state index contributed by atoms with van der Waals surface area (Å²) in [5.74, 6) is -0.378. The lowest BCUT2D eigenvalue weighted by atomic mass is 10.1. The molecule has 0 bridgehead atoms. The fourth-order valence-corrected chi connectivity index (χ4v) is 1.90. The van der Waals surface area contributed by atoms with E-state index >= 15 is 0 Å². The van der Waals surface area contributed by atoms with Gasteiger partial charge in [-0.05, 0) is 37.3 Å². The van der Waals surface area contributed by atoms with Crippen LogP contribution in [0.15, 0.2) is 42.5 Å². The van der Waals surface area contributed by atoms with Crippen molar-refractivity contribution in [2.45, 2.75) is 6.92 Å². The van der Waals surface area contributed by atoms with Gasteiger partial charge >= 0.3 is 5.97 Å². The van der Waals surface area contributed by atoms with E-state index in [0.29, 0.717) is 23.5 Å². The van der Waals surface area contributed by atoms with E-state index in [2.05, 4.69) is 5.32 Å². The number of benzene rings is 2. The number of esters is 1. The van der Waals surface area contributed by atoms with Crippen LogP contribution >= 0.6 is 11.6 Å². The van der Waals surface area contributed by atoms with Crippen LogP contribution in [0.3, 0.4) is 0 Å². The van der Waals surface area contributed by atoms with Crippen molar-refractivity contribution in [3.63, 3.8) is 0 Å². The monoisotopic (exact) mass is 291 g/mol. The van der Waals surface area contributed by atoms with Crippen LogP contribution in [-0.2, 0) is 4.74 Å². The van der Waals surface area contributed by atoms with Gasteiger partial charge in [-0.25, -0.2) is 4.79 Å². The van der Waals surface area contributed by atoms with E-state index in [1.54, 1.807) is 37.3 Å². The Morgan fingerprint density at radius 2 is 2.05 bits per heavy atom. The molecule has 0 saturated heterocycles. The van der Waals surface area contributed by atoms with E-state index in [-0.39, 0.29) is 16.7 Å². The fourth-order valence-electron chi connectivity index (χ4n) is 1.72. The molecule has 2 N–H and O–H groups in total. The van der Waals surface area contributed by atoms with Crippen molar-refractivity contribution in [3.8, 4) is 5.75 Å². The summed E-state index contributed by atoms with van der Waals surface area (Å²) in [5, 5.41) is 12.7. The number of carbonyl (C=O) groups is 1. The van der Waals surface area contributed by atoms with Crippen LogP contribution in [0.4, 0.5) is 11.4 Å². The topological polar surface area (TPSA) is 58.6 Å². The lowest BCUT2D eigenvalue weighted by molar-refractivity contribution is 0.0527. The number of para-hydroxylation sites is 1. The van der Waals surface area contributed by atoms with Gasteiger partial charge in [-0.2, -0.15) is 0 Å². The first-order valence-electron chi connectivity index (χ1n) is 6.13. The molecule has 2 rings (SSSR count). The SMILES string of the molecule is CCOC(=O)c1ccccc1Nc1ccc(O)c(Cl)c1. The van der Waals surface area contributed by atoms with E-state index in [1.165, 1.54) is 6.07 Å². The number of phenolic OH excluding ortho intramolecular Hbond substituents is 1. The highest BCUT2D eigenvalue weighted by atomic mass is 35.5. The van der Waals surface area contributed by atoms with Gasteiger partial charge in [0.1, 0.15) is 5.75 Å². The summed E-state index contributed by atoms with van der Waals surface area (Å²) in [6.45, 7) is 2.08. The Morgan fingerprint density at radius 3 is 2.75 bits per heavy atom. The Morgan fingerprint density at radius 1 is 1.30 bits per heavy atom. The highest BCUT2D eigenvalue weighted by Gasteiger charge is 2.12. The molecule has 0 aliphatic heterocycles. The quantitative estimate of drug-likeness (QED) is 0.661. The maximum Gasteiger partial charge on any atom is 0.340 e. The van der Waals surface area contributed by atoms with Crippen LogP contribution in [-0.4, -0.2) is 17.7 Å². The Hall–Kier alpha value is -2.20. The largest absolute Gasteiger partial charge is 0.506 e. The first kappa shape index (κ1) is 14.2. The zero-order valence-corrected chi connectivity index (χ0v) is 11.6. The molecule has 4 nitrogen and oxygen atoms in total. The van der Waals surface area contributed by atoms with Crippen molar-refractivity contribution < 1.29 is 14.6 Å². The molecule has 0 aliphatic carbocycles. The Labute approximate surface area is 122 Å². The van der Waals surface area contributed by atoms with Gasteiger partial charge in [0.05, 0.1) is 22.9 Å². The first-order chi connectivity index (χ1) is 9.61. The highest BCUT2D eigenvalue weighted by Crippen LogP contribution is 2.29. The number of aromatic hydroxyl groups is 1. The molecule has 0 amide bonds. The zero-order valence-electron chi connectivity index (χ0n) is 10.9. The number of hydrogen-bond donors (Lipinski definition) is 2. The van der Waals surface area contributed by atoms with Gasteiger partial charge in [-0.1, -0.05) is 23.7 Å². The second kappa shape index (κ2) is 6.30. The van der Waals surface area contributed by atoms with Gasteiger partial charge < -0.3 is 15.2 Å². The molecule has 5 heteroatoms. The molecule has 104 valence electrons. The molecular weight excluding hydrogens is 278 g/mol. The van der Waals surface area contributed by atoms with Gasteiger partial charge in [-0.15, -0.1) is 0 Å². The smallest absolute Gasteiger partial charge is 0.340 e. The molecule has 0 atom stereocenters. The number of anilines is 2. The van der Waals surface area contributed by atoms with Crippen LogP contribution in [0.2, 0.25) is 5.02 Å². The molecular formula is C15H14ClNO3. The van der Waals surface area contributed by atoms with E-state index < -0.39 is 0 Å². The number of rotatable bonds is 4. The number of nitrogens with one attached hydrogen (secondary N) is 1. The summed E-state index contributed by atoms with van der Waals surface area (Å²) in [6.07, 6.45) is 0. The van der Waals surface area contributed by atoms with Crippen LogP contribution < -0.4 is 5.32 Å². The summed E-state index contributed by atoms with van der Waals surface area (Å²) in [5.41, 5.74) is 1.73. The van der Waals surface area contributed by atoms with E-state index in [9.17, 15) is 9.90 Å². The third-order valence-electron chi connectivity index (χ3n) is 2.65. The van der Waals surface area contributed by atoms with Crippen molar-refractivity contribution in [3.05, 3.63) is 53.1 Å². The molecule has 2 aromatic carbocycles. The molecule has 2 aromatic rings. The predicted molar refractivity (Wildman–Crippen MR) is 78.8 cm³/mol. The number of phenols is 1. The third kappa shape index (κ3) is 3.22. The molecule has 0 unspecified atom stereocenters. The number of carbonyl (C=O) groups excluding carboxylic acids is 1. The van der Waals surface area contributed by atoms with Gasteiger partial charge in [-0.3, -0.25) is 0 Å². The number of ether oxygens (including phenoxy) is 1. The van der Waals surface area contributed by atoms with Crippen LogP contribution in [0.5, 0.6) is 5.75 Å². The summed E-state index contributed by atoms with van der Waals surface area (Å²) in [4.78, 5) is 11.8. The standard InChI is InChI=1S/C15H14ClNO3/c1-2-20-15(19)11-5-3-4-6-13(11)17-10-7-8-14(18)12(16)9-10/h3-9,17-18H,2H2,1H3. The Kier molecular flexibility index (Phi) is 4.48. The predicted octanol–water partition coefficient (Wildman–Crippen LogP) is 3.97. The van der Waals surface area contributed by atoms with Gasteiger partial charge in [0.25, 0.3) is 0 Å². The zero-order chi connectivity index (χ0) is 14.5. The normalized spacial score (nSPS) is 10.1. The minimum absolute atomic E-state index is 0.0101. The van der Waals surface area contributed by atoms with Gasteiger partial charge in [0.2, 0.25) is 0 Å². The van der Waals surface area contributed by atoms with Crippen molar-refractivity contribution in [2.24, 2.45) is 0 Å². The summed E-state index contributed by atoms with van der Waals surface area (Å²) in [6, 6.07) is 11.8. The average molecular weight is 292 g/mol. The van der Waals surface area contributed by atoms with Gasteiger partial charge in [0.15, 0.2) is 0 Å². The lowest BCUT2D eigenvalue weighted by Gasteiger charge is -2.11. The summed E-state index contributed by atoms with van der Waals surface area (Å²) >= 11 is 5.85. The molecule has 0 radical (unpaired) electrons. The summed E-state index contributed by atoms with van der Waals surface area (Å²) in [7, 11) is 0. The molecule has 0 spiro atoms. The van der Waals surface area contributed by atoms with Crippen LogP contribution in [0, 0.1) is 0 Å². The Bertz CT molecular complexity index is 628. The minimum atomic E-state index is -0.388. The Balaban J connectivity index is 2.29. The van der Waals surface area contributed by atoms with Crippen molar-refractivity contribution in [1.29, 1.82) is 0 Å². The van der Waals surface area contributed by atoms with E-state index in [0.717, 1.165) is 0 Å². The minimum Gasteiger partial charge on any atom is -0.506 e. The van der Waals surface area contributed by atoms with Gasteiger partial charge in [0, 0.05) is 5.69 Å². The average Bonchev–Trinajstić information content (AvgIpc) is 2.44. The lowest BCUT2D eigenvalue weighted by Crippen LogP contribution is -2.07. The fraction of sp³-hybridized carbons (Fsp3) is 0.133. The van der Waals surface area contributed by atoms with E-state index in [4.69, 9.17) is 16.3 Å².